The Kier molecular flexibility index (Phi) is 8.73. The van der Waals surface area contributed by atoms with Gasteiger partial charge in [0.25, 0.3) is 10.0 Å². The molecule has 0 heterocycles. The molecule has 0 bridgehead atoms. The molecule has 0 unspecified atom stereocenters. The fourth-order valence-corrected chi connectivity index (χ4v) is 2.85. The van der Waals surface area contributed by atoms with Crippen LogP contribution in [0.1, 0.15) is 31.9 Å². The molecule has 0 aliphatic heterocycles. The molecule has 4 nitrogen and oxygen atoms in total. The van der Waals surface area contributed by atoms with Gasteiger partial charge in [-0.2, -0.15) is 0 Å². The summed E-state index contributed by atoms with van der Waals surface area (Å²) < 4.78 is 27.3. The Hall–Kier alpha value is -2.27. The monoisotopic (exact) mass is 334 g/mol. The molecule has 3 N–H and O–H groups in total. The van der Waals surface area contributed by atoms with Gasteiger partial charge in [-0.15, -0.1) is 0 Å². The van der Waals surface area contributed by atoms with E-state index >= 15 is 0 Å². The lowest BCUT2D eigenvalue weighted by molar-refractivity contribution is 0.608. The van der Waals surface area contributed by atoms with Crippen LogP contribution in [0.3, 0.4) is 0 Å². The van der Waals surface area contributed by atoms with Gasteiger partial charge in [-0.05, 0) is 43.7 Å². The number of anilines is 2. The van der Waals surface area contributed by atoms with Crippen molar-refractivity contribution in [3.63, 3.8) is 0 Å². The van der Waals surface area contributed by atoms with E-state index in [-0.39, 0.29) is 4.91 Å². The molecule has 1 aromatic rings. The Balaban J connectivity index is 0.00000232. The van der Waals surface area contributed by atoms with Gasteiger partial charge in [-0.3, -0.25) is 4.72 Å². The predicted molar refractivity (Wildman–Crippen MR) is 103 cm³/mol. The summed E-state index contributed by atoms with van der Waals surface area (Å²) in [7, 11) is -3.73. The summed E-state index contributed by atoms with van der Waals surface area (Å²) in [6.45, 7) is 14.8. The molecule has 126 valence electrons. The molecule has 0 radical (unpaired) electrons. The van der Waals surface area contributed by atoms with Crippen LogP contribution < -0.4 is 10.5 Å². The van der Waals surface area contributed by atoms with Crippen molar-refractivity contribution in [3.05, 3.63) is 65.6 Å². The minimum absolute atomic E-state index is 0.0793. The second-order valence-corrected chi connectivity index (χ2v) is 6.11. The van der Waals surface area contributed by atoms with Gasteiger partial charge in [-0.25, -0.2) is 8.42 Å². The van der Waals surface area contributed by atoms with E-state index < -0.39 is 10.0 Å². The van der Waals surface area contributed by atoms with E-state index in [9.17, 15) is 8.42 Å². The molecule has 0 aliphatic rings. The van der Waals surface area contributed by atoms with Crippen molar-refractivity contribution in [2.24, 2.45) is 0 Å². The molecule has 0 atom stereocenters. The van der Waals surface area contributed by atoms with Gasteiger partial charge in [0.2, 0.25) is 0 Å². The number of hydrogen-bond donors (Lipinski definition) is 2. The third kappa shape index (κ3) is 5.79. The molecule has 1 rings (SSSR count). The van der Waals surface area contributed by atoms with Crippen molar-refractivity contribution in [1.82, 2.24) is 0 Å². The number of sulfonamides is 1. The van der Waals surface area contributed by atoms with Gasteiger partial charge in [0.05, 0.1) is 10.6 Å². The highest BCUT2D eigenvalue weighted by Crippen LogP contribution is 2.27. The number of aryl methyl sites for hydroxylation is 1. The molecule has 0 aliphatic carbocycles. The molecular formula is C18H26N2O2S. The fourth-order valence-electron chi connectivity index (χ4n) is 1.80. The van der Waals surface area contributed by atoms with Gasteiger partial charge in [-0.1, -0.05) is 45.2 Å². The van der Waals surface area contributed by atoms with E-state index in [0.29, 0.717) is 16.9 Å². The number of hydrogen-bond acceptors (Lipinski definition) is 3. The molecule has 0 spiro atoms. The van der Waals surface area contributed by atoms with Crippen molar-refractivity contribution < 1.29 is 8.42 Å². The Bertz CT molecular complexity index is 715. The van der Waals surface area contributed by atoms with E-state index in [4.69, 9.17) is 5.73 Å². The molecule has 0 saturated carbocycles. The highest BCUT2D eigenvalue weighted by atomic mass is 32.2. The van der Waals surface area contributed by atoms with Crippen molar-refractivity contribution in [2.45, 2.75) is 27.7 Å². The quantitative estimate of drug-likeness (QED) is 0.588. The fraction of sp³-hybridized carbons (Fsp3) is 0.222. The second kappa shape index (κ2) is 9.69. The number of allylic oxidation sites excluding steroid dienone is 4. The average molecular weight is 334 g/mol. The Morgan fingerprint density at radius 1 is 1.26 bits per heavy atom. The third-order valence-corrected chi connectivity index (χ3v) is 4.18. The smallest absolute Gasteiger partial charge is 0.261 e. The number of nitrogens with two attached hydrogens (primary N) is 1. The number of benzene rings is 1. The highest BCUT2D eigenvalue weighted by Gasteiger charge is 2.16. The summed E-state index contributed by atoms with van der Waals surface area (Å²) in [5.74, 6) is 0. The van der Waals surface area contributed by atoms with Crippen LogP contribution in [-0.2, 0) is 10.0 Å². The number of rotatable bonds is 6. The molecule has 0 aromatic heterocycles. The minimum Gasteiger partial charge on any atom is -0.398 e. The number of nitrogens with one attached hydrogen (secondary N) is 1. The Morgan fingerprint density at radius 2 is 1.87 bits per heavy atom. The maximum atomic E-state index is 12.4. The Morgan fingerprint density at radius 3 is 2.35 bits per heavy atom. The van der Waals surface area contributed by atoms with Crippen LogP contribution in [0.5, 0.6) is 0 Å². The van der Waals surface area contributed by atoms with E-state index in [0.717, 1.165) is 5.56 Å². The van der Waals surface area contributed by atoms with Crippen molar-refractivity contribution in [1.29, 1.82) is 0 Å². The zero-order valence-corrected chi connectivity index (χ0v) is 15.1. The average Bonchev–Trinajstić information content (AvgIpc) is 2.49. The van der Waals surface area contributed by atoms with E-state index in [1.807, 2.05) is 20.8 Å². The van der Waals surface area contributed by atoms with Crippen LogP contribution in [-0.4, -0.2) is 8.42 Å². The molecule has 5 heteroatoms. The summed E-state index contributed by atoms with van der Waals surface area (Å²) in [5, 5.41) is 0. The van der Waals surface area contributed by atoms with Crippen LogP contribution >= 0.6 is 0 Å². The molecule has 0 saturated heterocycles. The zero-order chi connectivity index (χ0) is 18.0. The molecule has 1 aromatic carbocycles. The van der Waals surface area contributed by atoms with Crippen LogP contribution in [0, 0.1) is 6.92 Å². The number of nitrogen functional groups attached to an aromatic ring is 1. The SMILES string of the molecule is C=C/C(=C\C=C/C)S(=O)(=O)Nc1cc(C)cc(N)c1C=C.CC. The van der Waals surface area contributed by atoms with Gasteiger partial charge in [0, 0.05) is 11.3 Å². The second-order valence-electron chi connectivity index (χ2n) is 4.42. The lowest BCUT2D eigenvalue weighted by Crippen LogP contribution is -2.15. The van der Waals surface area contributed by atoms with E-state index in [1.165, 1.54) is 18.2 Å². The summed E-state index contributed by atoms with van der Waals surface area (Å²) in [5.41, 5.74) is 8.17. The molecule has 0 amide bonds. The molecule has 0 fully saturated rings. The van der Waals surface area contributed by atoms with E-state index in [1.54, 1.807) is 31.2 Å². The third-order valence-electron chi connectivity index (χ3n) is 2.77. The van der Waals surface area contributed by atoms with Crippen LogP contribution in [0.4, 0.5) is 11.4 Å². The summed E-state index contributed by atoms with van der Waals surface area (Å²) in [6, 6.07) is 3.47. The summed E-state index contributed by atoms with van der Waals surface area (Å²) in [4.78, 5) is 0.0793. The first-order valence-electron chi connectivity index (χ1n) is 7.36. The standard InChI is InChI=1S/C16H20N2O2S.C2H6/c1-5-8-9-13(6-2)21(19,20)18-16-11-12(4)10-15(17)14(16)7-3;1-2/h5-11,18H,2-3,17H2,1,4H3;1-2H3/b8-5-,13-9+;. The Labute approximate surface area is 140 Å². The predicted octanol–water partition coefficient (Wildman–Crippen LogP) is 4.63. The maximum absolute atomic E-state index is 12.4. The van der Waals surface area contributed by atoms with Gasteiger partial charge in [0.15, 0.2) is 0 Å². The largest absolute Gasteiger partial charge is 0.398 e. The van der Waals surface area contributed by atoms with Crippen molar-refractivity contribution >= 4 is 27.5 Å². The lowest BCUT2D eigenvalue weighted by Gasteiger charge is -2.14. The summed E-state index contributed by atoms with van der Waals surface area (Å²) >= 11 is 0. The zero-order valence-electron chi connectivity index (χ0n) is 14.3. The lowest BCUT2D eigenvalue weighted by atomic mass is 10.1. The minimum atomic E-state index is -3.73. The van der Waals surface area contributed by atoms with Crippen molar-refractivity contribution in [2.75, 3.05) is 10.5 Å². The molecule has 23 heavy (non-hydrogen) atoms. The molecular weight excluding hydrogens is 308 g/mol. The van der Waals surface area contributed by atoms with E-state index in [2.05, 4.69) is 17.9 Å². The first-order valence-corrected chi connectivity index (χ1v) is 8.84. The van der Waals surface area contributed by atoms with Crippen molar-refractivity contribution in [3.8, 4) is 0 Å². The first kappa shape index (κ1) is 20.7. The topological polar surface area (TPSA) is 72.2 Å². The highest BCUT2D eigenvalue weighted by molar-refractivity contribution is 7.96. The maximum Gasteiger partial charge on any atom is 0.261 e. The summed E-state index contributed by atoms with van der Waals surface area (Å²) in [6.07, 6.45) is 7.65. The van der Waals surface area contributed by atoms with Gasteiger partial charge in [0.1, 0.15) is 0 Å². The first-order chi connectivity index (χ1) is 10.9. The van der Waals surface area contributed by atoms with Crippen LogP contribution in [0.2, 0.25) is 0 Å². The van der Waals surface area contributed by atoms with Gasteiger partial charge < -0.3 is 5.73 Å². The van der Waals surface area contributed by atoms with Gasteiger partial charge >= 0.3 is 0 Å². The van der Waals surface area contributed by atoms with Crippen LogP contribution in [0.15, 0.2) is 54.5 Å². The van der Waals surface area contributed by atoms with Crippen LogP contribution in [0.25, 0.3) is 6.08 Å². The normalized spacial score (nSPS) is 11.6.